The molecule has 3 atom stereocenters. The monoisotopic (exact) mass is 465 g/mol. The van der Waals surface area contributed by atoms with E-state index in [0.29, 0.717) is 46.0 Å². The Hall–Kier alpha value is -1.79. The van der Waals surface area contributed by atoms with E-state index in [0.717, 1.165) is 5.56 Å². The van der Waals surface area contributed by atoms with Crippen LogP contribution in [0.25, 0.3) is 0 Å². The predicted molar refractivity (Wildman–Crippen MR) is 122 cm³/mol. The van der Waals surface area contributed by atoms with Gasteiger partial charge in [0.25, 0.3) is 5.91 Å². The predicted octanol–water partition coefficient (Wildman–Crippen LogP) is 5.59. The van der Waals surface area contributed by atoms with E-state index in [1.807, 2.05) is 54.1 Å². The normalized spacial score (nSPS) is 24.2. The maximum Gasteiger partial charge on any atom is 0.270 e. The van der Waals surface area contributed by atoms with Crippen molar-refractivity contribution in [3.63, 3.8) is 0 Å². The number of amides is 1. The topological polar surface area (TPSA) is 45.1 Å². The molecule has 0 bridgehead atoms. The van der Waals surface area contributed by atoms with Crippen molar-refractivity contribution in [3.8, 4) is 0 Å². The highest BCUT2D eigenvalue weighted by atomic mass is 35.5. The van der Waals surface area contributed by atoms with Crippen molar-refractivity contribution in [2.75, 3.05) is 18.1 Å². The summed E-state index contributed by atoms with van der Waals surface area (Å²) < 4.78 is 5.76. The molecule has 1 unspecified atom stereocenters. The van der Waals surface area contributed by atoms with Crippen LogP contribution in [0.1, 0.15) is 31.9 Å². The van der Waals surface area contributed by atoms with Gasteiger partial charge in [0.15, 0.2) is 0 Å². The molecule has 2 aliphatic heterocycles. The minimum atomic E-state index is -0.171. The number of halogens is 3. The second kappa shape index (κ2) is 8.75. The minimum absolute atomic E-state index is 0.00595. The number of benzene rings is 2. The fourth-order valence-corrected chi connectivity index (χ4v) is 4.62. The maximum atomic E-state index is 13.3. The quantitative estimate of drug-likeness (QED) is 0.592. The molecule has 8 heteroatoms. The molecule has 4 rings (SSSR count). The molecule has 2 heterocycles. The molecule has 30 heavy (non-hydrogen) atoms. The molecule has 2 aromatic rings. The molecule has 0 N–H and O–H groups in total. The number of anilines is 1. The average Bonchev–Trinajstić information content (AvgIpc) is 3.12. The fraction of sp³-hybridized carbons (Fsp3) is 0.364. The molecule has 0 aliphatic carbocycles. The summed E-state index contributed by atoms with van der Waals surface area (Å²) in [4.78, 5) is 15.1. The molecule has 0 aromatic heterocycles. The van der Waals surface area contributed by atoms with E-state index in [4.69, 9.17) is 44.6 Å². The highest BCUT2D eigenvalue weighted by Gasteiger charge is 2.37. The van der Waals surface area contributed by atoms with Crippen LogP contribution >= 0.6 is 34.8 Å². The van der Waals surface area contributed by atoms with E-state index < -0.39 is 0 Å². The van der Waals surface area contributed by atoms with Gasteiger partial charge in [-0.2, -0.15) is 5.10 Å². The summed E-state index contributed by atoms with van der Waals surface area (Å²) in [6, 6.07) is 12.7. The van der Waals surface area contributed by atoms with Crippen LogP contribution in [0.5, 0.6) is 0 Å². The van der Waals surface area contributed by atoms with Crippen molar-refractivity contribution < 1.29 is 9.53 Å². The molecule has 2 aromatic carbocycles. The van der Waals surface area contributed by atoms with Gasteiger partial charge in [-0.3, -0.25) is 9.80 Å². The number of hydrazone groups is 1. The summed E-state index contributed by atoms with van der Waals surface area (Å²) in [5.74, 6) is -0.0662. The lowest BCUT2D eigenvalue weighted by Gasteiger charge is -2.35. The number of nitrogens with zero attached hydrogens (tertiary/aromatic N) is 3. The molecular formula is C22H22Cl3N3O2. The second-order valence-electron chi connectivity index (χ2n) is 7.73. The van der Waals surface area contributed by atoms with Gasteiger partial charge in [-0.1, -0.05) is 46.9 Å². The lowest BCUT2D eigenvalue weighted by Crippen LogP contribution is -2.50. The van der Waals surface area contributed by atoms with Crippen molar-refractivity contribution in [1.82, 2.24) is 4.90 Å². The number of hydrogen-bond donors (Lipinski definition) is 0. The summed E-state index contributed by atoms with van der Waals surface area (Å²) >= 11 is 18.6. The zero-order valence-electron chi connectivity index (χ0n) is 16.7. The van der Waals surface area contributed by atoms with Gasteiger partial charge < -0.3 is 9.64 Å². The molecule has 0 radical (unpaired) electrons. The van der Waals surface area contributed by atoms with Crippen molar-refractivity contribution >= 4 is 52.1 Å². The van der Waals surface area contributed by atoms with Crippen molar-refractivity contribution in [2.45, 2.75) is 38.5 Å². The summed E-state index contributed by atoms with van der Waals surface area (Å²) in [7, 11) is 0. The number of ether oxygens (including phenoxy) is 1. The van der Waals surface area contributed by atoms with Crippen LogP contribution in [0, 0.1) is 0 Å². The van der Waals surface area contributed by atoms with Gasteiger partial charge >= 0.3 is 0 Å². The first-order valence-electron chi connectivity index (χ1n) is 9.84. The van der Waals surface area contributed by atoms with Crippen LogP contribution in [-0.2, 0) is 9.53 Å². The van der Waals surface area contributed by atoms with E-state index >= 15 is 0 Å². The number of morpholine rings is 1. The average molecular weight is 467 g/mol. The van der Waals surface area contributed by atoms with Crippen LogP contribution in [0.15, 0.2) is 47.6 Å². The van der Waals surface area contributed by atoms with E-state index in [1.165, 1.54) is 0 Å². The third-order valence-corrected chi connectivity index (χ3v) is 6.07. The number of rotatable bonds is 3. The van der Waals surface area contributed by atoms with Gasteiger partial charge in [0, 0.05) is 29.6 Å². The number of carbonyl (C=O) groups is 1. The molecule has 2 aliphatic rings. The first-order chi connectivity index (χ1) is 14.3. The molecular weight excluding hydrogens is 445 g/mol. The molecule has 1 saturated heterocycles. The first-order valence-corrected chi connectivity index (χ1v) is 11.0. The Kier molecular flexibility index (Phi) is 6.26. The second-order valence-corrected chi connectivity index (χ2v) is 9.01. The maximum absolute atomic E-state index is 13.3. The third-order valence-electron chi connectivity index (χ3n) is 5.28. The summed E-state index contributed by atoms with van der Waals surface area (Å²) in [5.41, 5.74) is 2.20. The molecule has 0 spiro atoms. The van der Waals surface area contributed by atoms with Crippen molar-refractivity contribution in [1.29, 1.82) is 0 Å². The molecule has 0 saturated carbocycles. The Morgan fingerprint density at radius 1 is 1.00 bits per heavy atom. The van der Waals surface area contributed by atoms with E-state index in [1.54, 1.807) is 12.1 Å². The summed E-state index contributed by atoms with van der Waals surface area (Å²) in [5, 5.41) is 8.20. The van der Waals surface area contributed by atoms with Crippen LogP contribution in [0.4, 0.5) is 5.69 Å². The van der Waals surface area contributed by atoms with Gasteiger partial charge in [0.1, 0.15) is 5.71 Å². The van der Waals surface area contributed by atoms with Gasteiger partial charge in [-0.15, -0.1) is 0 Å². The molecule has 1 fully saturated rings. The Morgan fingerprint density at radius 2 is 1.63 bits per heavy atom. The van der Waals surface area contributed by atoms with Gasteiger partial charge in [0.05, 0.1) is 29.0 Å². The summed E-state index contributed by atoms with van der Waals surface area (Å²) in [6.07, 6.45) is 0.460. The van der Waals surface area contributed by atoms with Gasteiger partial charge in [-0.25, -0.2) is 0 Å². The van der Waals surface area contributed by atoms with Crippen LogP contribution in [-0.4, -0.2) is 41.8 Å². The Labute approximate surface area is 191 Å². The zero-order valence-corrected chi connectivity index (χ0v) is 19.0. The van der Waals surface area contributed by atoms with Crippen LogP contribution in [0.3, 0.4) is 0 Å². The highest BCUT2D eigenvalue weighted by molar-refractivity contribution is 6.40. The van der Waals surface area contributed by atoms with E-state index in [2.05, 4.69) is 0 Å². The van der Waals surface area contributed by atoms with E-state index in [-0.39, 0.29) is 24.2 Å². The van der Waals surface area contributed by atoms with Crippen molar-refractivity contribution in [3.05, 3.63) is 63.1 Å². The van der Waals surface area contributed by atoms with Crippen LogP contribution in [0.2, 0.25) is 15.1 Å². The van der Waals surface area contributed by atoms with Gasteiger partial charge in [0.2, 0.25) is 0 Å². The molecule has 1 amide bonds. The SMILES string of the molecule is C[C@@H]1CN(C(=O)C2=NN(c3ccc(Cl)cc3Cl)C(c3ccc(Cl)cc3)C2)C[C@H](C)O1. The third kappa shape index (κ3) is 4.45. The van der Waals surface area contributed by atoms with Crippen LogP contribution < -0.4 is 5.01 Å². The Morgan fingerprint density at radius 3 is 2.27 bits per heavy atom. The number of hydrogen-bond acceptors (Lipinski definition) is 4. The largest absolute Gasteiger partial charge is 0.372 e. The summed E-state index contributed by atoms with van der Waals surface area (Å²) in [6.45, 7) is 5.05. The smallest absolute Gasteiger partial charge is 0.270 e. The Balaban J connectivity index is 1.68. The zero-order chi connectivity index (χ0) is 21.4. The Bertz CT molecular complexity index is 970. The first kappa shape index (κ1) is 21.4. The van der Waals surface area contributed by atoms with E-state index in [9.17, 15) is 4.79 Å². The number of carbonyl (C=O) groups excluding carboxylic acids is 1. The molecule has 5 nitrogen and oxygen atoms in total. The lowest BCUT2D eigenvalue weighted by molar-refractivity contribution is -0.136. The lowest BCUT2D eigenvalue weighted by atomic mass is 10.0. The minimum Gasteiger partial charge on any atom is -0.372 e. The standard InChI is InChI=1S/C22H22Cl3N3O2/c1-13-11-27(12-14(2)30-13)22(29)19-10-21(15-3-5-16(23)6-4-15)28(26-19)20-8-7-17(24)9-18(20)25/h3-9,13-14,21H,10-12H2,1-2H3/t13-,14+,21?. The highest BCUT2D eigenvalue weighted by Crippen LogP contribution is 2.40. The van der Waals surface area contributed by atoms with Gasteiger partial charge in [-0.05, 0) is 49.7 Å². The fourth-order valence-electron chi connectivity index (χ4n) is 4.00. The van der Waals surface area contributed by atoms with Crippen molar-refractivity contribution in [2.24, 2.45) is 5.10 Å². The molecule has 158 valence electrons.